The Bertz CT molecular complexity index is 540. The molecule has 1 N–H and O–H groups in total. The second-order valence-corrected chi connectivity index (χ2v) is 4.70. The van der Waals surface area contributed by atoms with Crippen LogP contribution in [0.4, 0.5) is 0 Å². The number of thiazole rings is 1. The van der Waals surface area contributed by atoms with Gasteiger partial charge in [0.15, 0.2) is 0 Å². The minimum atomic E-state index is 0.697. The Kier molecular flexibility index (Phi) is 3.86. The Morgan fingerprint density at radius 3 is 2.88 bits per heavy atom. The molecule has 1 aromatic heterocycles. The summed E-state index contributed by atoms with van der Waals surface area (Å²) in [5.74, 6) is 0. The summed E-state index contributed by atoms with van der Waals surface area (Å²) < 4.78 is 0. The van der Waals surface area contributed by atoms with Gasteiger partial charge in [0.25, 0.3) is 0 Å². The van der Waals surface area contributed by atoms with E-state index in [2.05, 4.69) is 16.4 Å². The number of nitriles is 1. The highest BCUT2D eigenvalue weighted by Gasteiger charge is 2.01. The SMILES string of the molecule is Cc1csc(CNCc2ccccc2C#N)n1. The van der Waals surface area contributed by atoms with Gasteiger partial charge in [-0.05, 0) is 18.6 Å². The highest BCUT2D eigenvalue weighted by Crippen LogP contribution is 2.10. The van der Waals surface area contributed by atoms with E-state index in [-0.39, 0.29) is 0 Å². The maximum Gasteiger partial charge on any atom is 0.107 e. The van der Waals surface area contributed by atoms with Crippen molar-refractivity contribution >= 4 is 11.3 Å². The number of benzene rings is 1. The monoisotopic (exact) mass is 243 g/mol. The van der Waals surface area contributed by atoms with E-state index in [0.717, 1.165) is 28.4 Å². The highest BCUT2D eigenvalue weighted by molar-refractivity contribution is 7.09. The van der Waals surface area contributed by atoms with Crippen molar-refractivity contribution in [3.63, 3.8) is 0 Å². The van der Waals surface area contributed by atoms with Crippen molar-refractivity contribution < 1.29 is 0 Å². The van der Waals surface area contributed by atoms with Gasteiger partial charge in [-0.1, -0.05) is 18.2 Å². The van der Waals surface area contributed by atoms with Crippen molar-refractivity contribution in [3.8, 4) is 6.07 Å². The molecule has 0 amide bonds. The molecule has 0 saturated carbocycles. The summed E-state index contributed by atoms with van der Waals surface area (Å²) in [4.78, 5) is 4.38. The van der Waals surface area contributed by atoms with Crippen LogP contribution in [0.5, 0.6) is 0 Å². The molecule has 1 heterocycles. The number of aromatic nitrogens is 1. The lowest BCUT2D eigenvalue weighted by molar-refractivity contribution is 0.688. The zero-order valence-electron chi connectivity index (χ0n) is 9.60. The van der Waals surface area contributed by atoms with Crippen LogP contribution >= 0.6 is 11.3 Å². The van der Waals surface area contributed by atoms with Gasteiger partial charge in [-0.25, -0.2) is 4.98 Å². The first-order chi connectivity index (χ1) is 8.29. The van der Waals surface area contributed by atoms with Gasteiger partial charge < -0.3 is 5.32 Å². The minimum Gasteiger partial charge on any atom is -0.306 e. The molecule has 17 heavy (non-hydrogen) atoms. The maximum atomic E-state index is 8.95. The Labute approximate surface area is 105 Å². The van der Waals surface area contributed by atoms with Crippen LogP contribution in [0.3, 0.4) is 0 Å². The number of rotatable bonds is 4. The summed E-state index contributed by atoms with van der Waals surface area (Å²) in [6.07, 6.45) is 0. The normalized spacial score (nSPS) is 10.1. The molecule has 0 aliphatic heterocycles. The molecule has 0 saturated heterocycles. The molecular weight excluding hydrogens is 230 g/mol. The topological polar surface area (TPSA) is 48.7 Å². The molecule has 0 aliphatic rings. The van der Waals surface area contributed by atoms with Crippen molar-refractivity contribution in [2.24, 2.45) is 0 Å². The smallest absolute Gasteiger partial charge is 0.107 e. The van der Waals surface area contributed by atoms with Crippen molar-refractivity contribution in [1.29, 1.82) is 5.26 Å². The molecule has 0 spiro atoms. The number of hydrogen-bond acceptors (Lipinski definition) is 4. The third-order valence-corrected chi connectivity index (χ3v) is 3.36. The average molecular weight is 243 g/mol. The third-order valence-electron chi connectivity index (χ3n) is 2.40. The van der Waals surface area contributed by atoms with Crippen LogP contribution in [0.2, 0.25) is 0 Å². The second kappa shape index (κ2) is 5.58. The van der Waals surface area contributed by atoms with E-state index in [0.29, 0.717) is 6.54 Å². The number of hydrogen-bond donors (Lipinski definition) is 1. The lowest BCUT2D eigenvalue weighted by atomic mass is 10.1. The summed E-state index contributed by atoms with van der Waals surface area (Å²) in [5.41, 5.74) is 2.82. The second-order valence-electron chi connectivity index (χ2n) is 3.76. The van der Waals surface area contributed by atoms with Crippen LogP contribution in [0.25, 0.3) is 0 Å². The molecule has 0 atom stereocenters. The summed E-state index contributed by atoms with van der Waals surface area (Å²) in [6, 6.07) is 9.84. The largest absolute Gasteiger partial charge is 0.306 e. The van der Waals surface area contributed by atoms with E-state index in [9.17, 15) is 0 Å². The zero-order chi connectivity index (χ0) is 12.1. The molecular formula is C13H13N3S. The summed E-state index contributed by atoms with van der Waals surface area (Å²) in [5, 5.41) is 15.4. The van der Waals surface area contributed by atoms with E-state index >= 15 is 0 Å². The van der Waals surface area contributed by atoms with Gasteiger partial charge >= 0.3 is 0 Å². The molecule has 4 heteroatoms. The molecule has 2 aromatic rings. The van der Waals surface area contributed by atoms with E-state index in [1.807, 2.05) is 36.6 Å². The Morgan fingerprint density at radius 1 is 1.35 bits per heavy atom. The molecule has 2 rings (SSSR count). The quantitative estimate of drug-likeness (QED) is 0.898. The van der Waals surface area contributed by atoms with Gasteiger partial charge in [-0.3, -0.25) is 0 Å². The number of aryl methyl sites for hydroxylation is 1. The van der Waals surface area contributed by atoms with Gasteiger partial charge in [0.1, 0.15) is 5.01 Å². The molecule has 86 valence electrons. The minimum absolute atomic E-state index is 0.697. The lowest BCUT2D eigenvalue weighted by Crippen LogP contribution is -2.13. The zero-order valence-corrected chi connectivity index (χ0v) is 10.4. The first-order valence-corrected chi connectivity index (χ1v) is 6.27. The molecule has 0 bridgehead atoms. The number of nitrogens with one attached hydrogen (secondary N) is 1. The van der Waals surface area contributed by atoms with Crippen molar-refractivity contribution in [1.82, 2.24) is 10.3 Å². The molecule has 0 aliphatic carbocycles. The summed E-state index contributed by atoms with van der Waals surface area (Å²) in [6.45, 7) is 3.44. The van der Waals surface area contributed by atoms with Gasteiger partial charge in [0.05, 0.1) is 11.6 Å². The predicted molar refractivity (Wildman–Crippen MR) is 68.6 cm³/mol. The fourth-order valence-corrected chi connectivity index (χ4v) is 2.31. The average Bonchev–Trinajstić information content (AvgIpc) is 2.76. The maximum absolute atomic E-state index is 8.95. The Hall–Kier alpha value is -1.70. The van der Waals surface area contributed by atoms with Crippen LogP contribution in [0.1, 0.15) is 21.8 Å². The fourth-order valence-electron chi connectivity index (χ4n) is 1.57. The van der Waals surface area contributed by atoms with E-state index in [1.54, 1.807) is 11.3 Å². The van der Waals surface area contributed by atoms with Crippen molar-refractivity contribution in [2.75, 3.05) is 0 Å². The van der Waals surface area contributed by atoms with Crippen LogP contribution in [0, 0.1) is 18.3 Å². The van der Waals surface area contributed by atoms with Crippen LogP contribution in [-0.2, 0) is 13.1 Å². The van der Waals surface area contributed by atoms with Crippen LogP contribution in [-0.4, -0.2) is 4.98 Å². The van der Waals surface area contributed by atoms with Gasteiger partial charge in [-0.2, -0.15) is 5.26 Å². The molecule has 0 unspecified atom stereocenters. The van der Waals surface area contributed by atoms with Crippen molar-refractivity contribution in [2.45, 2.75) is 20.0 Å². The first-order valence-electron chi connectivity index (χ1n) is 5.39. The van der Waals surface area contributed by atoms with Crippen LogP contribution < -0.4 is 5.32 Å². The summed E-state index contributed by atoms with van der Waals surface area (Å²) in [7, 11) is 0. The van der Waals surface area contributed by atoms with Gasteiger partial charge in [0.2, 0.25) is 0 Å². The Morgan fingerprint density at radius 2 is 2.18 bits per heavy atom. The molecule has 3 nitrogen and oxygen atoms in total. The van der Waals surface area contributed by atoms with E-state index in [1.165, 1.54) is 0 Å². The molecule has 0 radical (unpaired) electrons. The van der Waals surface area contributed by atoms with E-state index < -0.39 is 0 Å². The van der Waals surface area contributed by atoms with Gasteiger partial charge in [0, 0.05) is 24.2 Å². The van der Waals surface area contributed by atoms with E-state index in [4.69, 9.17) is 5.26 Å². The summed E-state index contributed by atoms with van der Waals surface area (Å²) >= 11 is 1.66. The molecule has 1 aromatic carbocycles. The predicted octanol–water partition coefficient (Wildman–Crippen LogP) is 2.61. The fraction of sp³-hybridized carbons (Fsp3) is 0.231. The van der Waals surface area contributed by atoms with Crippen LogP contribution in [0.15, 0.2) is 29.6 Å². The number of nitrogens with zero attached hydrogens (tertiary/aromatic N) is 2. The van der Waals surface area contributed by atoms with Crippen molar-refractivity contribution in [3.05, 3.63) is 51.5 Å². The standard InChI is InChI=1S/C13H13N3S/c1-10-9-17-13(16-10)8-15-7-12-5-3-2-4-11(12)6-14/h2-5,9,15H,7-8H2,1H3. The highest BCUT2D eigenvalue weighted by atomic mass is 32.1. The Balaban J connectivity index is 1.92. The third kappa shape index (κ3) is 3.13. The first kappa shape index (κ1) is 11.8. The molecule has 0 fully saturated rings. The lowest BCUT2D eigenvalue weighted by Gasteiger charge is -2.04. The van der Waals surface area contributed by atoms with Gasteiger partial charge in [-0.15, -0.1) is 11.3 Å².